The number of ether oxygens (including phenoxy) is 1. The summed E-state index contributed by atoms with van der Waals surface area (Å²) < 4.78 is 4.80. The molecule has 3 nitrogen and oxygen atoms in total. The summed E-state index contributed by atoms with van der Waals surface area (Å²) in [5.41, 5.74) is 1.13. The molecule has 1 aliphatic heterocycles. The summed E-state index contributed by atoms with van der Waals surface area (Å²) in [6, 6.07) is 7.95. The van der Waals surface area contributed by atoms with Gasteiger partial charge >= 0.3 is 5.97 Å². The SMILES string of the molecule is COC(=O)C1CCNC(c2cccc(Cl)c2)C1.Cl. The summed E-state index contributed by atoms with van der Waals surface area (Å²) in [6.07, 6.45) is 1.61. The number of rotatable bonds is 2. The quantitative estimate of drug-likeness (QED) is 0.851. The van der Waals surface area contributed by atoms with Gasteiger partial charge in [-0.25, -0.2) is 0 Å². The molecule has 1 fully saturated rings. The van der Waals surface area contributed by atoms with Gasteiger partial charge in [-0.15, -0.1) is 12.4 Å². The van der Waals surface area contributed by atoms with Crippen LogP contribution < -0.4 is 5.32 Å². The molecule has 1 aromatic carbocycles. The maximum Gasteiger partial charge on any atom is 0.308 e. The van der Waals surface area contributed by atoms with Crippen molar-refractivity contribution in [2.45, 2.75) is 18.9 Å². The van der Waals surface area contributed by atoms with Crippen LogP contribution in [0, 0.1) is 5.92 Å². The fraction of sp³-hybridized carbons (Fsp3) is 0.462. The third-order valence-corrected chi connectivity index (χ3v) is 3.42. The van der Waals surface area contributed by atoms with Gasteiger partial charge in [0.05, 0.1) is 13.0 Å². The van der Waals surface area contributed by atoms with E-state index in [0.717, 1.165) is 30.0 Å². The molecule has 2 unspecified atom stereocenters. The third-order valence-electron chi connectivity index (χ3n) is 3.19. The molecule has 0 aliphatic carbocycles. The number of nitrogens with one attached hydrogen (secondary N) is 1. The molecular weight excluding hydrogens is 273 g/mol. The van der Waals surface area contributed by atoms with Crippen LogP contribution in [0.25, 0.3) is 0 Å². The highest BCUT2D eigenvalue weighted by molar-refractivity contribution is 6.30. The molecule has 18 heavy (non-hydrogen) atoms. The predicted octanol–water partition coefficient (Wildman–Crippen LogP) is 2.98. The number of carbonyl (C=O) groups is 1. The molecular formula is C13H17Cl2NO2. The maximum absolute atomic E-state index is 11.5. The van der Waals surface area contributed by atoms with E-state index in [4.69, 9.17) is 16.3 Å². The Kier molecular flexibility index (Phi) is 5.93. The first-order valence-electron chi connectivity index (χ1n) is 5.77. The normalized spacial score (nSPS) is 23.0. The second kappa shape index (κ2) is 6.98. The van der Waals surface area contributed by atoms with Crippen LogP contribution >= 0.6 is 24.0 Å². The topological polar surface area (TPSA) is 38.3 Å². The monoisotopic (exact) mass is 289 g/mol. The van der Waals surface area contributed by atoms with E-state index in [2.05, 4.69) is 5.32 Å². The molecule has 1 aromatic rings. The molecule has 1 aliphatic rings. The Labute approximate surface area is 118 Å². The van der Waals surface area contributed by atoms with Crippen LogP contribution in [0.15, 0.2) is 24.3 Å². The number of halogens is 2. The number of hydrogen-bond donors (Lipinski definition) is 1. The Balaban J connectivity index is 0.00000162. The number of methoxy groups -OCH3 is 1. The van der Waals surface area contributed by atoms with Crippen molar-refractivity contribution in [3.8, 4) is 0 Å². The van der Waals surface area contributed by atoms with Gasteiger partial charge < -0.3 is 10.1 Å². The number of piperidine rings is 1. The highest BCUT2D eigenvalue weighted by Crippen LogP contribution is 2.29. The zero-order valence-electron chi connectivity index (χ0n) is 10.2. The minimum absolute atomic E-state index is 0. The van der Waals surface area contributed by atoms with Gasteiger partial charge in [-0.3, -0.25) is 4.79 Å². The first-order chi connectivity index (χ1) is 8.20. The zero-order chi connectivity index (χ0) is 12.3. The molecule has 0 aromatic heterocycles. The zero-order valence-corrected chi connectivity index (χ0v) is 11.8. The Bertz CT molecular complexity index is 412. The van der Waals surface area contributed by atoms with E-state index in [-0.39, 0.29) is 30.3 Å². The van der Waals surface area contributed by atoms with E-state index in [1.165, 1.54) is 7.11 Å². The van der Waals surface area contributed by atoms with Crippen LogP contribution in [0.5, 0.6) is 0 Å². The number of esters is 1. The standard InChI is InChI=1S/C13H16ClNO2.ClH/c1-17-13(16)10-5-6-15-12(8-10)9-3-2-4-11(14)7-9;/h2-4,7,10,12,15H,5-6,8H2,1H3;1H. The predicted molar refractivity (Wildman–Crippen MR) is 74.2 cm³/mol. The van der Waals surface area contributed by atoms with Gasteiger partial charge in [0, 0.05) is 11.1 Å². The molecule has 0 amide bonds. The molecule has 2 rings (SSSR count). The van der Waals surface area contributed by atoms with Crippen LogP contribution in [-0.4, -0.2) is 19.6 Å². The minimum atomic E-state index is -0.112. The van der Waals surface area contributed by atoms with Crippen LogP contribution in [0.4, 0.5) is 0 Å². The molecule has 0 bridgehead atoms. The van der Waals surface area contributed by atoms with Crippen molar-refractivity contribution < 1.29 is 9.53 Å². The van der Waals surface area contributed by atoms with Crippen LogP contribution in [0.2, 0.25) is 5.02 Å². The highest BCUT2D eigenvalue weighted by atomic mass is 35.5. The van der Waals surface area contributed by atoms with Crippen molar-refractivity contribution in [3.63, 3.8) is 0 Å². The van der Waals surface area contributed by atoms with Crippen molar-refractivity contribution in [2.75, 3.05) is 13.7 Å². The second-order valence-electron chi connectivity index (χ2n) is 4.31. The smallest absolute Gasteiger partial charge is 0.308 e. The van der Waals surface area contributed by atoms with Gasteiger partial charge in [0.25, 0.3) is 0 Å². The van der Waals surface area contributed by atoms with Gasteiger partial charge in [-0.1, -0.05) is 23.7 Å². The molecule has 1 N–H and O–H groups in total. The summed E-state index contributed by atoms with van der Waals surface area (Å²) in [4.78, 5) is 11.5. The largest absolute Gasteiger partial charge is 0.469 e. The Morgan fingerprint density at radius 3 is 2.94 bits per heavy atom. The van der Waals surface area contributed by atoms with Crippen molar-refractivity contribution in [2.24, 2.45) is 5.92 Å². The fourth-order valence-electron chi connectivity index (χ4n) is 2.28. The minimum Gasteiger partial charge on any atom is -0.469 e. The second-order valence-corrected chi connectivity index (χ2v) is 4.74. The Morgan fingerprint density at radius 1 is 1.50 bits per heavy atom. The maximum atomic E-state index is 11.5. The Hall–Kier alpha value is -0.770. The number of carbonyl (C=O) groups excluding carboxylic acids is 1. The molecule has 100 valence electrons. The molecule has 0 radical (unpaired) electrons. The lowest BCUT2D eigenvalue weighted by molar-refractivity contribution is -0.146. The molecule has 0 spiro atoms. The van der Waals surface area contributed by atoms with E-state index in [0.29, 0.717) is 0 Å². The summed E-state index contributed by atoms with van der Waals surface area (Å²) >= 11 is 5.97. The summed E-state index contributed by atoms with van der Waals surface area (Å²) in [6.45, 7) is 0.830. The average Bonchev–Trinajstić information content (AvgIpc) is 2.38. The van der Waals surface area contributed by atoms with Gasteiger partial charge in [0.15, 0.2) is 0 Å². The van der Waals surface area contributed by atoms with Crippen LogP contribution in [0.3, 0.4) is 0 Å². The van der Waals surface area contributed by atoms with E-state index < -0.39 is 0 Å². The van der Waals surface area contributed by atoms with Crippen LogP contribution in [-0.2, 0) is 9.53 Å². The van der Waals surface area contributed by atoms with Crippen molar-refractivity contribution in [1.29, 1.82) is 0 Å². The number of hydrogen-bond acceptors (Lipinski definition) is 3. The summed E-state index contributed by atoms with van der Waals surface area (Å²) in [5.74, 6) is -0.122. The van der Waals surface area contributed by atoms with Gasteiger partial charge in [0.2, 0.25) is 0 Å². The van der Waals surface area contributed by atoms with E-state index in [1.54, 1.807) is 0 Å². The molecule has 5 heteroatoms. The van der Waals surface area contributed by atoms with Gasteiger partial charge in [-0.05, 0) is 37.1 Å². The number of benzene rings is 1. The average molecular weight is 290 g/mol. The fourth-order valence-corrected chi connectivity index (χ4v) is 2.47. The molecule has 1 saturated heterocycles. The van der Waals surface area contributed by atoms with Crippen molar-refractivity contribution >= 4 is 30.0 Å². The molecule has 0 saturated carbocycles. The van der Waals surface area contributed by atoms with E-state index in [9.17, 15) is 4.79 Å². The lowest BCUT2D eigenvalue weighted by Gasteiger charge is -2.29. The third kappa shape index (κ3) is 3.61. The first-order valence-corrected chi connectivity index (χ1v) is 6.15. The highest BCUT2D eigenvalue weighted by Gasteiger charge is 2.28. The van der Waals surface area contributed by atoms with E-state index >= 15 is 0 Å². The van der Waals surface area contributed by atoms with Crippen molar-refractivity contribution in [1.82, 2.24) is 5.32 Å². The summed E-state index contributed by atoms with van der Waals surface area (Å²) in [7, 11) is 1.44. The van der Waals surface area contributed by atoms with Crippen molar-refractivity contribution in [3.05, 3.63) is 34.9 Å². The molecule has 1 heterocycles. The van der Waals surface area contributed by atoms with Crippen LogP contribution in [0.1, 0.15) is 24.4 Å². The Morgan fingerprint density at radius 2 is 2.28 bits per heavy atom. The van der Waals surface area contributed by atoms with E-state index in [1.807, 2.05) is 24.3 Å². The van der Waals surface area contributed by atoms with Gasteiger partial charge in [-0.2, -0.15) is 0 Å². The lowest BCUT2D eigenvalue weighted by Crippen LogP contribution is -2.35. The molecule has 2 atom stereocenters. The summed E-state index contributed by atoms with van der Waals surface area (Å²) in [5, 5.41) is 4.13. The van der Waals surface area contributed by atoms with Gasteiger partial charge in [0.1, 0.15) is 0 Å². The first kappa shape index (κ1) is 15.3. The lowest BCUT2D eigenvalue weighted by atomic mass is 9.89.